The van der Waals surface area contributed by atoms with Gasteiger partial charge in [-0.1, -0.05) is 19.3 Å². The van der Waals surface area contributed by atoms with Gasteiger partial charge in [-0.05, 0) is 79.8 Å². The highest BCUT2D eigenvalue weighted by atomic mass is 127. The number of nitrogens with one attached hydrogen (secondary N) is 2. The van der Waals surface area contributed by atoms with Crippen LogP contribution in [0.1, 0.15) is 56.3 Å². The Balaban J connectivity index is 1.46. The third-order valence-electron chi connectivity index (χ3n) is 4.48. The molecule has 1 fully saturated rings. The van der Waals surface area contributed by atoms with Crippen molar-refractivity contribution in [2.75, 3.05) is 19.6 Å². The van der Waals surface area contributed by atoms with Gasteiger partial charge in [-0.25, -0.2) is 4.45 Å². The first-order valence-electron chi connectivity index (χ1n) is 8.92. The van der Waals surface area contributed by atoms with Crippen molar-refractivity contribution in [3.05, 3.63) is 17.5 Å². The maximum absolute atomic E-state index is 5.74. The molecule has 0 bridgehead atoms. The van der Waals surface area contributed by atoms with Crippen molar-refractivity contribution in [2.24, 2.45) is 5.73 Å². The zero-order chi connectivity index (χ0) is 16.3. The minimum atomic E-state index is 0.579. The number of nitrogens with zero attached hydrogens (tertiary/aromatic N) is 2. The number of hydrogen-bond acceptors (Lipinski definition) is 4. The lowest BCUT2D eigenvalue weighted by Crippen LogP contribution is -2.33. The van der Waals surface area contributed by atoms with Crippen LogP contribution in [0.25, 0.3) is 0 Å². The second kappa shape index (κ2) is 11.7. The number of rotatable bonds is 11. The Morgan fingerprint density at radius 3 is 2.70 bits per heavy atom. The van der Waals surface area contributed by atoms with Crippen LogP contribution in [0.4, 0.5) is 0 Å². The minimum Gasteiger partial charge on any atom is -0.325 e. The highest BCUT2D eigenvalue weighted by Crippen LogP contribution is 2.25. The zero-order valence-electron chi connectivity index (χ0n) is 14.0. The standard InChI is InChI=1S/C16H31IN5P/c17-23-22-16(13-18)12-15(21-22)8-4-9-19-10-5-11-20-14-6-2-1-3-7-14/h12,14,19-20,23H,1-11,13,18H2. The Morgan fingerprint density at radius 2 is 2.00 bits per heavy atom. The number of aromatic nitrogens is 2. The van der Waals surface area contributed by atoms with Gasteiger partial charge in [0.15, 0.2) is 0 Å². The van der Waals surface area contributed by atoms with E-state index in [2.05, 4.69) is 43.8 Å². The molecule has 0 saturated heterocycles. The van der Waals surface area contributed by atoms with E-state index in [4.69, 9.17) is 5.73 Å². The average Bonchev–Trinajstić information content (AvgIpc) is 3.00. The lowest BCUT2D eigenvalue weighted by Gasteiger charge is -2.22. The van der Waals surface area contributed by atoms with E-state index in [-0.39, 0.29) is 0 Å². The molecule has 0 radical (unpaired) electrons. The van der Waals surface area contributed by atoms with Gasteiger partial charge in [0, 0.05) is 12.6 Å². The SMILES string of the molecule is NCc1cc(CCCNCCCNC2CCCCC2)nn1PI. The summed E-state index contributed by atoms with van der Waals surface area (Å²) in [5, 5.41) is 11.8. The maximum Gasteiger partial charge on any atom is 0.0681 e. The van der Waals surface area contributed by atoms with Crippen LogP contribution in [-0.2, 0) is 13.0 Å². The molecule has 1 saturated carbocycles. The Labute approximate surface area is 155 Å². The van der Waals surface area contributed by atoms with Crippen molar-refractivity contribution in [2.45, 2.75) is 64.0 Å². The van der Waals surface area contributed by atoms with Crippen molar-refractivity contribution >= 4 is 28.4 Å². The van der Waals surface area contributed by atoms with Crippen LogP contribution >= 0.6 is 28.4 Å². The predicted molar refractivity (Wildman–Crippen MR) is 109 cm³/mol. The molecule has 0 amide bonds. The van der Waals surface area contributed by atoms with E-state index in [0.29, 0.717) is 12.9 Å². The molecule has 5 nitrogen and oxygen atoms in total. The second-order valence-corrected chi connectivity index (χ2v) is 8.36. The lowest BCUT2D eigenvalue weighted by molar-refractivity contribution is 0.371. The fraction of sp³-hybridized carbons (Fsp3) is 0.812. The first-order chi connectivity index (χ1) is 11.3. The molecular weight excluding hydrogens is 420 g/mol. The largest absolute Gasteiger partial charge is 0.325 e. The first-order valence-corrected chi connectivity index (χ1v) is 13.0. The molecule has 7 heteroatoms. The van der Waals surface area contributed by atoms with Crippen LogP contribution in [-0.4, -0.2) is 35.2 Å². The molecule has 1 aliphatic carbocycles. The molecule has 1 heterocycles. The van der Waals surface area contributed by atoms with E-state index in [0.717, 1.165) is 44.2 Å². The Bertz CT molecular complexity index is 413. The zero-order valence-corrected chi connectivity index (χ0v) is 17.1. The van der Waals surface area contributed by atoms with Crippen molar-refractivity contribution in [1.29, 1.82) is 0 Å². The maximum atomic E-state index is 5.74. The summed E-state index contributed by atoms with van der Waals surface area (Å²) in [5.41, 5.74) is 8.06. The van der Waals surface area contributed by atoms with Crippen molar-refractivity contribution in [1.82, 2.24) is 20.2 Å². The van der Waals surface area contributed by atoms with Gasteiger partial charge in [0.1, 0.15) is 0 Å². The van der Waals surface area contributed by atoms with Crippen LogP contribution in [0.3, 0.4) is 0 Å². The van der Waals surface area contributed by atoms with Crippen LogP contribution < -0.4 is 16.4 Å². The van der Waals surface area contributed by atoms with Gasteiger partial charge in [-0.15, -0.1) is 0 Å². The van der Waals surface area contributed by atoms with Gasteiger partial charge in [0.2, 0.25) is 0 Å². The van der Waals surface area contributed by atoms with Crippen molar-refractivity contribution < 1.29 is 0 Å². The molecule has 132 valence electrons. The number of halogens is 1. The minimum absolute atomic E-state index is 0.579. The van der Waals surface area contributed by atoms with Gasteiger partial charge in [-0.3, -0.25) is 0 Å². The molecule has 1 aromatic heterocycles. The van der Waals surface area contributed by atoms with Gasteiger partial charge >= 0.3 is 0 Å². The highest BCUT2D eigenvalue weighted by molar-refractivity contribution is 14.2. The third kappa shape index (κ3) is 7.34. The van der Waals surface area contributed by atoms with Gasteiger partial charge in [-0.2, -0.15) is 5.10 Å². The van der Waals surface area contributed by atoms with Crippen molar-refractivity contribution in [3.8, 4) is 0 Å². The van der Waals surface area contributed by atoms with E-state index in [9.17, 15) is 0 Å². The van der Waals surface area contributed by atoms with Gasteiger partial charge in [0.05, 0.1) is 17.8 Å². The van der Waals surface area contributed by atoms with E-state index in [1.54, 1.807) is 0 Å². The van der Waals surface area contributed by atoms with E-state index in [1.807, 2.05) is 4.45 Å². The fourth-order valence-corrected chi connectivity index (χ4v) is 4.85. The van der Waals surface area contributed by atoms with E-state index in [1.165, 1.54) is 44.2 Å². The van der Waals surface area contributed by atoms with Crippen molar-refractivity contribution in [3.63, 3.8) is 0 Å². The van der Waals surface area contributed by atoms with Crippen LogP contribution in [0.5, 0.6) is 0 Å². The van der Waals surface area contributed by atoms with Crippen LogP contribution in [0, 0.1) is 0 Å². The van der Waals surface area contributed by atoms with Gasteiger partial charge in [0.25, 0.3) is 0 Å². The van der Waals surface area contributed by atoms with Crippen LogP contribution in [0.15, 0.2) is 6.07 Å². The molecule has 1 aromatic rings. The predicted octanol–water partition coefficient (Wildman–Crippen LogP) is 2.97. The molecule has 2 rings (SSSR count). The first kappa shape index (κ1) is 19.6. The Kier molecular flexibility index (Phi) is 9.99. The molecule has 1 unspecified atom stereocenters. The van der Waals surface area contributed by atoms with Crippen LogP contribution in [0.2, 0.25) is 0 Å². The monoisotopic (exact) mass is 451 g/mol. The van der Waals surface area contributed by atoms with Gasteiger partial charge < -0.3 is 16.4 Å². The topological polar surface area (TPSA) is 67.9 Å². The average molecular weight is 451 g/mol. The molecule has 23 heavy (non-hydrogen) atoms. The third-order valence-corrected chi connectivity index (χ3v) is 6.40. The molecule has 1 atom stereocenters. The summed E-state index contributed by atoms with van der Waals surface area (Å²) in [5.74, 6) is 0. The molecule has 1 aliphatic rings. The smallest absolute Gasteiger partial charge is 0.0681 e. The molecule has 0 aliphatic heterocycles. The highest BCUT2D eigenvalue weighted by Gasteiger charge is 2.11. The number of aryl methyl sites for hydroxylation is 1. The molecular formula is C16H31IN5P. The number of hydrogen-bond donors (Lipinski definition) is 3. The number of nitrogens with two attached hydrogens (primary N) is 1. The quantitative estimate of drug-likeness (QED) is 0.275. The summed E-state index contributed by atoms with van der Waals surface area (Å²) in [7, 11) is 0. The normalized spacial score (nSPS) is 16.6. The fourth-order valence-electron chi connectivity index (χ4n) is 3.16. The summed E-state index contributed by atoms with van der Waals surface area (Å²) in [4.78, 5) is 0. The van der Waals surface area contributed by atoms with E-state index >= 15 is 0 Å². The Hall–Kier alpha value is 0.250. The summed E-state index contributed by atoms with van der Waals surface area (Å²) in [6.45, 7) is 3.91. The summed E-state index contributed by atoms with van der Waals surface area (Å²) < 4.78 is 2.03. The summed E-state index contributed by atoms with van der Waals surface area (Å²) >= 11 is 2.35. The lowest BCUT2D eigenvalue weighted by atomic mass is 9.95. The molecule has 4 N–H and O–H groups in total. The van der Waals surface area contributed by atoms with E-state index < -0.39 is 0 Å². The summed E-state index contributed by atoms with van der Waals surface area (Å²) in [6, 6.07) is 2.94. The Morgan fingerprint density at radius 1 is 1.22 bits per heavy atom. The second-order valence-electron chi connectivity index (χ2n) is 6.32. The molecule has 0 spiro atoms. The summed E-state index contributed by atoms with van der Waals surface area (Å²) in [6.07, 6.45) is 11.0. The molecule has 0 aromatic carbocycles.